The van der Waals surface area contributed by atoms with E-state index in [0.29, 0.717) is 5.56 Å². The van der Waals surface area contributed by atoms with Crippen molar-refractivity contribution in [3.63, 3.8) is 0 Å². The van der Waals surface area contributed by atoms with Crippen LogP contribution in [0.5, 0.6) is 0 Å². The van der Waals surface area contributed by atoms with Gasteiger partial charge < -0.3 is 4.74 Å². The number of hydrogen-bond donors (Lipinski definition) is 0. The summed E-state index contributed by atoms with van der Waals surface area (Å²) >= 11 is 0. The first kappa shape index (κ1) is 12.4. The van der Waals surface area contributed by atoms with E-state index in [0.717, 1.165) is 22.2 Å². The molecule has 100 valence electrons. The first-order valence-corrected chi connectivity index (χ1v) is 6.31. The Morgan fingerprint density at radius 2 is 1.80 bits per heavy atom. The van der Waals surface area contributed by atoms with Crippen LogP contribution in [0.3, 0.4) is 0 Å². The second-order valence-electron chi connectivity index (χ2n) is 4.56. The molecule has 0 radical (unpaired) electrons. The van der Waals surface area contributed by atoms with E-state index in [9.17, 15) is 4.79 Å². The Hall–Kier alpha value is -2.62. The number of ether oxygens (including phenoxy) is 1. The van der Waals surface area contributed by atoms with Crippen LogP contribution in [0.1, 0.15) is 10.4 Å². The van der Waals surface area contributed by atoms with Gasteiger partial charge in [-0.15, -0.1) is 0 Å². The molecule has 0 spiro atoms. The van der Waals surface area contributed by atoms with Gasteiger partial charge in [-0.1, -0.05) is 30.3 Å². The fraction of sp³-hybridized carbons (Fsp3) is 0.125. The lowest BCUT2D eigenvalue weighted by Gasteiger charge is -2.01. The number of hydrogen-bond acceptors (Lipinski definition) is 3. The molecule has 0 saturated carbocycles. The summed E-state index contributed by atoms with van der Waals surface area (Å²) in [4.78, 5) is 11.4. The number of aryl methyl sites for hydroxylation is 1. The number of methoxy groups -OCH3 is 1. The summed E-state index contributed by atoms with van der Waals surface area (Å²) in [6.07, 6.45) is 0. The number of esters is 1. The number of para-hydroxylation sites is 1. The molecule has 0 amide bonds. The maximum Gasteiger partial charge on any atom is 0.337 e. The fourth-order valence-corrected chi connectivity index (χ4v) is 2.31. The van der Waals surface area contributed by atoms with E-state index in [1.807, 2.05) is 48.1 Å². The highest BCUT2D eigenvalue weighted by molar-refractivity contribution is 5.94. The Labute approximate surface area is 116 Å². The zero-order valence-electron chi connectivity index (χ0n) is 11.3. The topological polar surface area (TPSA) is 44.1 Å². The molecule has 0 unspecified atom stereocenters. The quantitative estimate of drug-likeness (QED) is 0.670. The van der Waals surface area contributed by atoms with Gasteiger partial charge in [0.05, 0.1) is 18.2 Å². The molecule has 0 bridgehead atoms. The third-order valence-corrected chi connectivity index (χ3v) is 3.34. The van der Waals surface area contributed by atoms with Gasteiger partial charge in [0.2, 0.25) is 0 Å². The summed E-state index contributed by atoms with van der Waals surface area (Å²) < 4.78 is 6.56. The van der Waals surface area contributed by atoms with Crippen LogP contribution in [-0.2, 0) is 11.8 Å². The molecule has 0 saturated heterocycles. The molecule has 4 nitrogen and oxygen atoms in total. The third kappa shape index (κ3) is 1.95. The first-order valence-electron chi connectivity index (χ1n) is 6.31. The number of rotatable bonds is 2. The minimum atomic E-state index is -0.331. The van der Waals surface area contributed by atoms with E-state index < -0.39 is 0 Å². The standard InChI is InChI=1S/C16H14N2O2/c1-18-14-6-4-3-5-13(14)15(17-18)11-7-9-12(10-8-11)16(19)20-2/h3-10H,1-2H3. The molecule has 0 aliphatic rings. The monoisotopic (exact) mass is 266 g/mol. The highest BCUT2D eigenvalue weighted by Crippen LogP contribution is 2.27. The third-order valence-electron chi connectivity index (χ3n) is 3.34. The van der Waals surface area contributed by atoms with Crippen LogP contribution < -0.4 is 0 Å². The van der Waals surface area contributed by atoms with E-state index in [4.69, 9.17) is 4.74 Å². The van der Waals surface area contributed by atoms with Crippen LogP contribution in [0, 0.1) is 0 Å². The zero-order chi connectivity index (χ0) is 14.1. The van der Waals surface area contributed by atoms with Crippen molar-refractivity contribution in [1.82, 2.24) is 9.78 Å². The van der Waals surface area contributed by atoms with E-state index in [1.54, 1.807) is 12.1 Å². The molecule has 0 atom stereocenters. The average Bonchev–Trinajstić information content (AvgIpc) is 2.84. The lowest BCUT2D eigenvalue weighted by molar-refractivity contribution is 0.0601. The molecule has 0 N–H and O–H groups in total. The lowest BCUT2D eigenvalue weighted by Crippen LogP contribution is -2.00. The molecule has 2 aromatic carbocycles. The van der Waals surface area contributed by atoms with E-state index in [2.05, 4.69) is 5.10 Å². The average molecular weight is 266 g/mol. The summed E-state index contributed by atoms with van der Waals surface area (Å²) in [5.74, 6) is -0.331. The minimum absolute atomic E-state index is 0.331. The molecular formula is C16H14N2O2. The van der Waals surface area contributed by atoms with Crippen molar-refractivity contribution in [1.29, 1.82) is 0 Å². The van der Waals surface area contributed by atoms with Crippen LogP contribution in [0.2, 0.25) is 0 Å². The van der Waals surface area contributed by atoms with Gasteiger partial charge >= 0.3 is 5.97 Å². The Bertz CT molecular complexity index is 773. The Kier molecular flexibility index (Phi) is 2.99. The van der Waals surface area contributed by atoms with Crippen LogP contribution in [0.15, 0.2) is 48.5 Å². The molecule has 20 heavy (non-hydrogen) atoms. The van der Waals surface area contributed by atoms with Gasteiger partial charge in [0.1, 0.15) is 5.69 Å². The molecular weight excluding hydrogens is 252 g/mol. The molecule has 1 heterocycles. The van der Waals surface area contributed by atoms with Crippen LogP contribution in [0.25, 0.3) is 22.2 Å². The predicted molar refractivity (Wildman–Crippen MR) is 77.5 cm³/mol. The molecule has 0 fully saturated rings. The van der Waals surface area contributed by atoms with Crippen molar-refractivity contribution in [2.45, 2.75) is 0 Å². The fourth-order valence-electron chi connectivity index (χ4n) is 2.31. The molecule has 1 aromatic heterocycles. The highest BCUT2D eigenvalue weighted by atomic mass is 16.5. The first-order chi connectivity index (χ1) is 9.70. The van der Waals surface area contributed by atoms with Gasteiger partial charge in [0, 0.05) is 18.0 Å². The maximum atomic E-state index is 11.4. The van der Waals surface area contributed by atoms with Crippen molar-refractivity contribution in [3.05, 3.63) is 54.1 Å². The molecule has 3 aromatic rings. The minimum Gasteiger partial charge on any atom is -0.465 e. The number of nitrogens with zero attached hydrogens (tertiary/aromatic N) is 2. The summed E-state index contributed by atoms with van der Waals surface area (Å²) in [6.45, 7) is 0. The van der Waals surface area contributed by atoms with Crippen molar-refractivity contribution in [2.75, 3.05) is 7.11 Å². The van der Waals surface area contributed by atoms with Crippen molar-refractivity contribution >= 4 is 16.9 Å². The maximum absolute atomic E-state index is 11.4. The van der Waals surface area contributed by atoms with Crippen molar-refractivity contribution < 1.29 is 9.53 Å². The largest absolute Gasteiger partial charge is 0.465 e. The Balaban J connectivity index is 2.09. The van der Waals surface area contributed by atoms with Gasteiger partial charge in [-0.2, -0.15) is 5.10 Å². The smallest absolute Gasteiger partial charge is 0.337 e. The lowest BCUT2D eigenvalue weighted by atomic mass is 10.1. The summed E-state index contributed by atoms with van der Waals surface area (Å²) in [6, 6.07) is 15.4. The van der Waals surface area contributed by atoms with E-state index in [1.165, 1.54) is 7.11 Å². The number of carbonyl (C=O) groups excluding carboxylic acids is 1. The molecule has 0 aliphatic heterocycles. The van der Waals surface area contributed by atoms with Gasteiger partial charge in [0.25, 0.3) is 0 Å². The zero-order valence-corrected chi connectivity index (χ0v) is 11.3. The number of benzene rings is 2. The summed E-state index contributed by atoms with van der Waals surface area (Å²) in [5.41, 5.74) is 3.52. The van der Waals surface area contributed by atoms with E-state index in [-0.39, 0.29) is 5.97 Å². The molecule has 3 rings (SSSR count). The summed E-state index contributed by atoms with van der Waals surface area (Å²) in [5, 5.41) is 5.65. The predicted octanol–water partition coefficient (Wildman–Crippen LogP) is 3.03. The molecule has 4 heteroatoms. The second kappa shape index (κ2) is 4.81. The summed E-state index contributed by atoms with van der Waals surface area (Å²) in [7, 11) is 3.30. The van der Waals surface area contributed by atoms with Crippen LogP contribution in [-0.4, -0.2) is 22.9 Å². The number of fused-ring (bicyclic) bond motifs is 1. The van der Waals surface area contributed by atoms with Gasteiger partial charge in [0.15, 0.2) is 0 Å². The number of carbonyl (C=O) groups is 1. The number of aromatic nitrogens is 2. The van der Waals surface area contributed by atoms with Gasteiger partial charge in [-0.3, -0.25) is 4.68 Å². The van der Waals surface area contributed by atoms with Crippen LogP contribution in [0.4, 0.5) is 0 Å². The van der Waals surface area contributed by atoms with E-state index >= 15 is 0 Å². The van der Waals surface area contributed by atoms with Gasteiger partial charge in [-0.25, -0.2) is 4.79 Å². The van der Waals surface area contributed by atoms with Gasteiger partial charge in [-0.05, 0) is 18.2 Å². The van der Waals surface area contributed by atoms with Crippen molar-refractivity contribution in [3.8, 4) is 11.3 Å². The van der Waals surface area contributed by atoms with Crippen LogP contribution >= 0.6 is 0 Å². The highest BCUT2D eigenvalue weighted by Gasteiger charge is 2.11. The Morgan fingerprint density at radius 1 is 1.10 bits per heavy atom. The second-order valence-corrected chi connectivity index (χ2v) is 4.56. The van der Waals surface area contributed by atoms with Crippen molar-refractivity contribution in [2.24, 2.45) is 7.05 Å². The molecule has 0 aliphatic carbocycles. The SMILES string of the molecule is COC(=O)c1ccc(-c2nn(C)c3ccccc23)cc1. The Morgan fingerprint density at radius 3 is 2.50 bits per heavy atom. The normalized spacial score (nSPS) is 10.7.